The van der Waals surface area contributed by atoms with Gasteiger partial charge in [-0.15, -0.1) is 11.3 Å². The molecule has 1 aliphatic rings. The first kappa shape index (κ1) is 15.0. The number of hydrogen-bond donors (Lipinski definition) is 1. The standard InChI is InChI=1S/C16H28N2S/c1-12-6-11-19-15(12)14(13(2)17)18-9-5-7-16(3,4)8-10-18/h6,11,13-14H,5,7-10,17H2,1-4H3. The summed E-state index contributed by atoms with van der Waals surface area (Å²) in [6.45, 7) is 11.5. The van der Waals surface area contributed by atoms with Crippen molar-refractivity contribution in [3.8, 4) is 0 Å². The van der Waals surface area contributed by atoms with Gasteiger partial charge in [-0.2, -0.15) is 0 Å². The molecule has 2 N–H and O–H groups in total. The lowest BCUT2D eigenvalue weighted by Crippen LogP contribution is -2.40. The Kier molecular flexibility index (Phi) is 4.70. The van der Waals surface area contributed by atoms with Crippen molar-refractivity contribution in [3.05, 3.63) is 21.9 Å². The molecule has 2 nitrogen and oxygen atoms in total. The van der Waals surface area contributed by atoms with Gasteiger partial charge in [0.15, 0.2) is 0 Å². The van der Waals surface area contributed by atoms with Crippen molar-refractivity contribution in [2.24, 2.45) is 11.1 Å². The van der Waals surface area contributed by atoms with Crippen LogP contribution in [0.5, 0.6) is 0 Å². The first-order valence-corrected chi connectivity index (χ1v) is 8.32. The highest BCUT2D eigenvalue weighted by molar-refractivity contribution is 7.10. The Morgan fingerprint density at radius 2 is 2.05 bits per heavy atom. The third-order valence-electron chi connectivity index (χ3n) is 4.44. The Morgan fingerprint density at radius 3 is 2.63 bits per heavy atom. The molecule has 19 heavy (non-hydrogen) atoms. The zero-order chi connectivity index (χ0) is 14.0. The Hall–Kier alpha value is -0.380. The Balaban J connectivity index is 2.18. The molecule has 2 heterocycles. The normalized spacial score (nSPS) is 23.8. The van der Waals surface area contributed by atoms with Crippen LogP contribution in [0.15, 0.2) is 11.4 Å². The Morgan fingerprint density at radius 1 is 1.32 bits per heavy atom. The number of rotatable bonds is 3. The SMILES string of the molecule is Cc1ccsc1C(C(C)N)N1CCCC(C)(C)CC1. The molecule has 2 atom stereocenters. The zero-order valence-corrected chi connectivity index (χ0v) is 13.6. The van der Waals surface area contributed by atoms with E-state index in [0.717, 1.165) is 0 Å². The van der Waals surface area contributed by atoms with Crippen molar-refractivity contribution in [1.82, 2.24) is 4.90 Å². The molecule has 2 unspecified atom stereocenters. The highest BCUT2D eigenvalue weighted by atomic mass is 32.1. The smallest absolute Gasteiger partial charge is 0.0593 e. The lowest BCUT2D eigenvalue weighted by molar-refractivity contribution is 0.178. The van der Waals surface area contributed by atoms with Gasteiger partial charge in [0.2, 0.25) is 0 Å². The van der Waals surface area contributed by atoms with Crippen LogP contribution in [-0.4, -0.2) is 24.0 Å². The fourth-order valence-electron chi connectivity index (χ4n) is 3.15. The summed E-state index contributed by atoms with van der Waals surface area (Å²) in [6.07, 6.45) is 3.90. The quantitative estimate of drug-likeness (QED) is 0.908. The molecular weight excluding hydrogens is 252 g/mol. The topological polar surface area (TPSA) is 29.3 Å². The number of likely N-dealkylation sites (tertiary alicyclic amines) is 1. The lowest BCUT2D eigenvalue weighted by Gasteiger charge is -2.33. The van der Waals surface area contributed by atoms with Gasteiger partial charge >= 0.3 is 0 Å². The van der Waals surface area contributed by atoms with Gasteiger partial charge in [0.25, 0.3) is 0 Å². The van der Waals surface area contributed by atoms with E-state index in [1.165, 1.54) is 42.8 Å². The molecule has 108 valence electrons. The van der Waals surface area contributed by atoms with Crippen molar-refractivity contribution in [3.63, 3.8) is 0 Å². The molecule has 0 saturated carbocycles. The van der Waals surface area contributed by atoms with Gasteiger partial charge in [0.1, 0.15) is 0 Å². The third kappa shape index (κ3) is 3.59. The van der Waals surface area contributed by atoms with E-state index in [-0.39, 0.29) is 6.04 Å². The van der Waals surface area contributed by atoms with Crippen LogP contribution in [0.2, 0.25) is 0 Å². The minimum Gasteiger partial charge on any atom is -0.326 e. The molecule has 0 spiro atoms. The Bertz CT molecular complexity index is 409. The number of nitrogens with two attached hydrogens (primary N) is 1. The lowest BCUT2D eigenvalue weighted by atomic mass is 9.85. The van der Waals surface area contributed by atoms with Crippen LogP contribution in [0.3, 0.4) is 0 Å². The van der Waals surface area contributed by atoms with Gasteiger partial charge in [-0.1, -0.05) is 13.8 Å². The van der Waals surface area contributed by atoms with E-state index in [0.29, 0.717) is 11.5 Å². The third-order valence-corrected chi connectivity index (χ3v) is 5.53. The van der Waals surface area contributed by atoms with E-state index in [1.54, 1.807) is 0 Å². The molecule has 0 bridgehead atoms. The maximum absolute atomic E-state index is 6.31. The van der Waals surface area contributed by atoms with Gasteiger partial charge in [0.05, 0.1) is 6.04 Å². The zero-order valence-electron chi connectivity index (χ0n) is 12.8. The molecule has 3 heteroatoms. The van der Waals surface area contributed by atoms with E-state index in [2.05, 4.69) is 44.0 Å². The van der Waals surface area contributed by atoms with Crippen LogP contribution in [0.4, 0.5) is 0 Å². The summed E-state index contributed by atoms with van der Waals surface area (Å²) >= 11 is 1.86. The summed E-state index contributed by atoms with van der Waals surface area (Å²) in [5, 5.41) is 2.20. The first-order chi connectivity index (χ1) is 8.91. The van der Waals surface area contributed by atoms with E-state index < -0.39 is 0 Å². The molecule has 1 aromatic heterocycles. The second-order valence-electron chi connectivity index (χ2n) is 6.83. The summed E-state index contributed by atoms with van der Waals surface area (Å²) < 4.78 is 0. The summed E-state index contributed by atoms with van der Waals surface area (Å²) in [7, 11) is 0. The van der Waals surface area contributed by atoms with E-state index in [1.807, 2.05) is 11.3 Å². The molecular formula is C16H28N2S. The minimum absolute atomic E-state index is 0.193. The summed E-state index contributed by atoms with van der Waals surface area (Å²) in [6, 6.07) is 2.81. The van der Waals surface area contributed by atoms with E-state index in [4.69, 9.17) is 5.73 Å². The molecule has 1 saturated heterocycles. The van der Waals surface area contributed by atoms with Crippen LogP contribution in [-0.2, 0) is 0 Å². The van der Waals surface area contributed by atoms with Crippen molar-refractivity contribution in [1.29, 1.82) is 0 Å². The monoisotopic (exact) mass is 280 g/mol. The van der Waals surface area contributed by atoms with Crippen LogP contribution in [0, 0.1) is 12.3 Å². The molecule has 1 fully saturated rings. The first-order valence-electron chi connectivity index (χ1n) is 7.44. The second-order valence-corrected chi connectivity index (χ2v) is 7.77. The van der Waals surface area contributed by atoms with Crippen LogP contribution in [0.25, 0.3) is 0 Å². The van der Waals surface area contributed by atoms with Gasteiger partial charge in [-0.3, -0.25) is 4.90 Å². The van der Waals surface area contributed by atoms with Crippen molar-refractivity contribution in [2.45, 2.75) is 59.0 Å². The molecule has 1 aliphatic heterocycles. The summed E-state index contributed by atoms with van der Waals surface area (Å²) in [4.78, 5) is 4.09. The average Bonchev–Trinajstić information content (AvgIpc) is 2.63. The number of thiophene rings is 1. The molecule has 1 aromatic rings. The van der Waals surface area contributed by atoms with Crippen molar-refractivity contribution >= 4 is 11.3 Å². The maximum atomic E-state index is 6.31. The molecule has 0 aliphatic carbocycles. The number of nitrogens with zero attached hydrogens (tertiary/aromatic N) is 1. The largest absolute Gasteiger partial charge is 0.326 e. The van der Waals surface area contributed by atoms with Gasteiger partial charge < -0.3 is 5.73 Å². The van der Waals surface area contributed by atoms with Gasteiger partial charge in [-0.25, -0.2) is 0 Å². The fourth-order valence-corrected chi connectivity index (χ4v) is 4.32. The van der Waals surface area contributed by atoms with E-state index >= 15 is 0 Å². The van der Waals surface area contributed by atoms with E-state index in [9.17, 15) is 0 Å². The number of hydrogen-bond acceptors (Lipinski definition) is 3. The van der Waals surface area contributed by atoms with Crippen LogP contribution < -0.4 is 5.73 Å². The van der Waals surface area contributed by atoms with Crippen LogP contribution in [0.1, 0.15) is 56.5 Å². The van der Waals surface area contributed by atoms with Gasteiger partial charge in [-0.05, 0) is 68.6 Å². The van der Waals surface area contributed by atoms with Crippen LogP contribution >= 0.6 is 11.3 Å². The Labute approximate surface area is 122 Å². The van der Waals surface area contributed by atoms with Gasteiger partial charge in [0, 0.05) is 10.9 Å². The van der Waals surface area contributed by atoms with Crippen molar-refractivity contribution in [2.75, 3.05) is 13.1 Å². The predicted molar refractivity (Wildman–Crippen MR) is 84.7 cm³/mol. The predicted octanol–water partition coefficient (Wildman–Crippen LogP) is 3.96. The summed E-state index contributed by atoms with van der Waals surface area (Å²) in [5.41, 5.74) is 8.20. The molecule has 0 amide bonds. The second kappa shape index (κ2) is 5.94. The maximum Gasteiger partial charge on any atom is 0.0593 e. The number of aryl methyl sites for hydroxylation is 1. The minimum atomic E-state index is 0.193. The molecule has 0 radical (unpaired) electrons. The average molecular weight is 280 g/mol. The highest BCUT2D eigenvalue weighted by Crippen LogP contribution is 2.36. The molecule has 2 rings (SSSR count). The van der Waals surface area contributed by atoms with Crippen molar-refractivity contribution < 1.29 is 0 Å². The molecule has 0 aromatic carbocycles. The fraction of sp³-hybridized carbons (Fsp3) is 0.750. The summed E-state index contributed by atoms with van der Waals surface area (Å²) in [5.74, 6) is 0. The highest BCUT2D eigenvalue weighted by Gasteiger charge is 2.30.